The molecule has 1 saturated heterocycles. The summed E-state index contributed by atoms with van der Waals surface area (Å²) < 4.78 is 9.26. The SMILES string of the molecule is CC(C)NC(=O)OC1CCC(c2cc(NC(=O)c3cnn(CCCCCCCCCCCc4ccn5c(N6CCC(=O)NC6=O)cnc5c4)c3)n[nH]2)C1. The minimum atomic E-state index is -0.405. The third kappa shape index (κ3) is 10.4. The van der Waals surface area contributed by atoms with E-state index < -0.39 is 6.03 Å². The molecule has 284 valence electrons. The summed E-state index contributed by atoms with van der Waals surface area (Å²) in [7, 11) is 0. The summed E-state index contributed by atoms with van der Waals surface area (Å²) in [5.41, 5.74) is 3.47. The number of hydrogen-bond donors (Lipinski definition) is 4. The minimum Gasteiger partial charge on any atom is -0.446 e. The topological polar surface area (TPSA) is 181 Å². The number of H-pyrrole nitrogens is 1. The first-order valence-corrected chi connectivity index (χ1v) is 19.2. The average molecular weight is 729 g/mol. The van der Waals surface area contributed by atoms with E-state index >= 15 is 0 Å². The van der Waals surface area contributed by atoms with Crippen LogP contribution in [0.5, 0.6) is 0 Å². The molecular weight excluding hydrogens is 676 g/mol. The van der Waals surface area contributed by atoms with Gasteiger partial charge in [0.2, 0.25) is 5.91 Å². The number of fused-ring (bicyclic) bond motifs is 1. The quantitative estimate of drug-likeness (QED) is 0.0841. The molecule has 1 aliphatic carbocycles. The van der Waals surface area contributed by atoms with Gasteiger partial charge in [-0.05, 0) is 70.1 Å². The van der Waals surface area contributed by atoms with E-state index in [0.717, 1.165) is 62.8 Å². The standard InChI is InChI=1S/C38H52N10O5/c1-26(2)41-38(52)53-30-14-13-28(21-30)31-22-32(45-44-31)42-36(50)29-23-40-46(25-29)17-11-9-7-5-3-4-6-8-10-12-27-15-18-47-33(20-27)39-24-35(47)48-19-16-34(49)43-37(48)51/h15,18,20,22-26,28,30H,3-14,16-17,19,21H2,1-2H3,(H,41,52)(H,43,49,51)(H2,42,44,45,50). The van der Waals surface area contributed by atoms with Crippen LogP contribution in [0.1, 0.15) is 125 Å². The number of aromatic nitrogens is 6. The number of aryl methyl sites for hydroxylation is 2. The molecule has 1 aliphatic heterocycles. The van der Waals surface area contributed by atoms with Crippen LogP contribution >= 0.6 is 0 Å². The number of unbranched alkanes of at least 4 members (excludes halogenated alkanes) is 8. The van der Waals surface area contributed by atoms with Crippen molar-refractivity contribution in [1.29, 1.82) is 0 Å². The van der Waals surface area contributed by atoms with E-state index in [1.165, 1.54) is 44.1 Å². The van der Waals surface area contributed by atoms with Crippen molar-refractivity contribution >= 4 is 41.2 Å². The Morgan fingerprint density at radius 2 is 1.77 bits per heavy atom. The van der Waals surface area contributed by atoms with E-state index in [1.807, 2.05) is 35.2 Å². The van der Waals surface area contributed by atoms with Crippen LogP contribution in [0.25, 0.3) is 5.65 Å². The van der Waals surface area contributed by atoms with Crippen LogP contribution in [0.4, 0.5) is 21.2 Å². The first-order valence-electron chi connectivity index (χ1n) is 19.2. The van der Waals surface area contributed by atoms with Crippen LogP contribution in [-0.2, 0) is 22.5 Å². The number of pyridine rings is 1. The number of carbonyl (C=O) groups is 4. The Labute approximate surface area is 309 Å². The Morgan fingerprint density at radius 1 is 1.00 bits per heavy atom. The summed E-state index contributed by atoms with van der Waals surface area (Å²) in [6, 6.07) is 5.65. The van der Waals surface area contributed by atoms with E-state index in [0.29, 0.717) is 23.7 Å². The van der Waals surface area contributed by atoms with Gasteiger partial charge in [0.25, 0.3) is 5.91 Å². The molecular formula is C38H52N10O5. The van der Waals surface area contributed by atoms with Crippen LogP contribution in [0, 0.1) is 0 Å². The van der Waals surface area contributed by atoms with Gasteiger partial charge in [-0.1, -0.05) is 44.9 Å². The predicted octanol–water partition coefficient (Wildman–Crippen LogP) is 6.48. The summed E-state index contributed by atoms with van der Waals surface area (Å²) in [5.74, 6) is 0.841. The Kier molecular flexibility index (Phi) is 12.8. The summed E-state index contributed by atoms with van der Waals surface area (Å²) in [4.78, 5) is 54.5. The minimum absolute atomic E-state index is 0.0333. The molecule has 4 aromatic heterocycles. The number of amides is 5. The summed E-state index contributed by atoms with van der Waals surface area (Å²) >= 11 is 0. The van der Waals surface area contributed by atoms with Crippen molar-refractivity contribution in [2.45, 2.75) is 128 Å². The molecule has 0 spiro atoms. The third-order valence-corrected chi connectivity index (χ3v) is 9.98. The highest BCUT2D eigenvalue weighted by atomic mass is 16.6. The van der Waals surface area contributed by atoms with E-state index in [1.54, 1.807) is 23.5 Å². The lowest BCUT2D eigenvalue weighted by molar-refractivity contribution is -0.120. The van der Waals surface area contributed by atoms with Crippen molar-refractivity contribution in [3.05, 3.63) is 59.8 Å². The van der Waals surface area contributed by atoms with Gasteiger partial charge in [-0.25, -0.2) is 14.6 Å². The molecule has 0 aromatic carbocycles. The van der Waals surface area contributed by atoms with Crippen molar-refractivity contribution in [2.75, 3.05) is 16.8 Å². The number of carbonyl (C=O) groups excluding carboxylic acids is 4. The number of nitrogens with zero attached hydrogens (tertiary/aromatic N) is 6. The summed E-state index contributed by atoms with van der Waals surface area (Å²) in [6.07, 6.45) is 20.8. The normalized spacial score (nSPS) is 17.5. The zero-order chi connectivity index (χ0) is 37.2. The lowest BCUT2D eigenvalue weighted by atomic mass is 10.0. The van der Waals surface area contributed by atoms with Crippen LogP contribution in [-0.4, -0.2) is 72.0 Å². The lowest BCUT2D eigenvalue weighted by Gasteiger charge is -2.25. The molecule has 1 saturated carbocycles. The zero-order valence-corrected chi connectivity index (χ0v) is 30.8. The Morgan fingerprint density at radius 3 is 2.55 bits per heavy atom. The average Bonchev–Trinajstić information content (AvgIpc) is 3.94. The van der Waals surface area contributed by atoms with Gasteiger partial charge >= 0.3 is 12.1 Å². The molecule has 2 aliphatic rings. The first-order chi connectivity index (χ1) is 25.7. The summed E-state index contributed by atoms with van der Waals surface area (Å²) in [6.45, 7) is 4.93. The fourth-order valence-corrected chi connectivity index (χ4v) is 7.14. The van der Waals surface area contributed by atoms with Gasteiger partial charge in [-0.2, -0.15) is 10.2 Å². The Hall–Kier alpha value is -5.21. The molecule has 5 heterocycles. The monoisotopic (exact) mass is 728 g/mol. The van der Waals surface area contributed by atoms with Gasteiger partial charge in [-0.3, -0.25) is 34.0 Å². The van der Waals surface area contributed by atoms with E-state index in [2.05, 4.69) is 48.4 Å². The number of imidazole rings is 1. The van der Waals surface area contributed by atoms with Crippen molar-refractivity contribution in [3.63, 3.8) is 0 Å². The smallest absolute Gasteiger partial charge is 0.407 e. The third-order valence-electron chi connectivity index (χ3n) is 9.98. The molecule has 15 heteroatoms. The number of hydrogen-bond acceptors (Lipinski definition) is 8. The molecule has 5 amide bonds. The van der Waals surface area contributed by atoms with Crippen LogP contribution < -0.4 is 20.9 Å². The van der Waals surface area contributed by atoms with Crippen LogP contribution in [0.15, 0.2) is 43.0 Å². The Bertz CT molecular complexity index is 1860. The predicted molar refractivity (Wildman–Crippen MR) is 200 cm³/mol. The van der Waals surface area contributed by atoms with E-state index in [9.17, 15) is 19.2 Å². The van der Waals surface area contributed by atoms with Crippen molar-refractivity contribution in [2.24, 2.45) is 0 Å². The molecule has 15 nitrogen and oxygen atoms in total. The van der Waals surface area contributed by atoms with Gasteiger partial charge in [0.15, 0.2) is 5.82 Å². The fourth-order valence-electron chi connectivity index (χ4n) is 7.14. The molecule has 53 heavy (non-hydrogen) atoms. The number of anilines is 2. The highest BCUT2D eigenvalue weighted by Crippen LogP contribution is 2.36. The van der Waals surface area contributed by atoms with Gasteiger partial charge in [0.1, 0.15) is 17.6 Å². The van der Waals surface area contributed by atoms with Crippen molar-refractivity contribution < 1.29 is 23.9 Å². The van der Waals surface area contributed by atoms with Crippen LogP contribution in [0.3, 0.4) is 0 Å². The van der Waals surface area contributed by atoms with Gasteiger partial charge < -0.3 is 15.4 Å². The second kappa shape index (κ2) is 18.0. The van der Waals surface area contributed by atoms with E-state index in [-0.39, 0.29) is 42.4 Å². The first kappa shape index (κ1) is 37.5. The molecule has 4 N–H and O–H groups in total. The number of aromatic amines is 1. The second-order valence-corrected chi connectivity index (χ2v) is 14.6. The number of rotatable bonds is 18. The molecule has 4 aromatic rings. The zero-order valence-electron chi connectivity index (χ0n) is 30.8. The molecule has 0 bridgehead atoms. The number of ether oxygens (including phenoxy) is 1. The highest BCUT2D eigenvalue weighted by molar-refractivity contribution is 6.05. The van der Waals surface area contributed by atoms with E-state index in [4.69, 9.17) is 4.74 Å². The fraction of sp³-hybridized carbons (Fsp3) is 0.553. The molecule has 2 unspecified atom stereocenters. The maximum Gasteiger partial charge on any atom is 0.407 e. The number of imide groups is 1. The van der Waals surface area contributed by atoms with Crippen molar-refractivity contribution in [3.8, 4) is 0 Å². The largest absolute Gasteiger partial charge is 0.446 e. The van der Waals surface area contributed by atoms with Crippen molar-refractivity contribution in [1.82, 2.24) is 40.0 Å². The highest BCUT2D eigenvalue weighted by Gasteiger charge is 2.30. The summed E-state index contributed by atoms with van der Waals surface area (Å²) in [5, 5.41) is 19.7. The molecule has 6 rings (SSSR count). The molecule has 0 radical (unpaired) electrons. The maximum atomic E-state index is 12.8. The number of nitrogens with one attached hydrogen (secondary N) is 4. The maximum absolute atomic E-state index is 12.8. The molecule has 2 fully saturated rings. The lowest BCUT2D eigenvalue weighted by Crippen LogP contribution is -2.50. The molecule has 2 atom stereocenters. The van der Waals surface area contributed by atoms with Gasteiger partial charge in [0.05, 0.1) is 18.0 Å². The Balaban J connectivity index is 0.797. The van der Waals surface area contributed by atoms with Gasteiger partial charge in [0, 0.05) is 55.6 Å². The second-order valence-electron chi connectivity index (χ2n) is 14.6. The number of alkyl carbamates (subject to hydrolysis) is 1. The van der Waals surface area contributed by atoms with Crippen LogP contribution in [0.2, 0.25) is 0 Å². The number of urea groups is 1. The van der Waals surface area contributed by atoms with Gasteiger partial charge in [-0.15, -0.1) is 0 Å².